The zero-order valence-corrected chi connectivity index (χ0v) is 17.3. The lowest BCUT2D eigenvalue weighted by Gasteiger charge is -2.36. The van der Waals surface area contributed by atoms with E-state index in [1.165, 1.54) is 13.8 Å². The van der Waals surface area contributed by atoms with Gasteiger partial charge in [-0.3, -0.25) is 5.32 Å². The largest absolute Gasteiger partial charge is 0.478 e. The van der Waals surface area contributed by atoms with Crippen LogP contribution in [0.3, 0.4) is 0 Å². The van der Waals surface area contributed by atoms with Crippen molar-refractivity contribution in [2.24, 2.45) is 0 Å². The topological polar surface area (TPSA) is 113 Å². The summed E-state index contributed by atoms with van der Waals surface area (Å²) >= 11 is 0. The molecule has 0 saturated carbocycles. The minimum atomic E-state index is -7.57. The quantitative estimate of drug-likeness (QED) is 0.241. The van der Waals surface area contributed by atoms with Crippen LogP contribution in [-0.2, 0) is 14.3 Å². The first-order valence-corrected chi connectivity index (χ1v) is 8.05. The van der Waals surface area contributed by atoms with Gasteiger partial charge in [0, 0.05) is 11.1 Å². The smallest absolute Gasteiger partial charge is 0.460 e. The molecule has 1 amide bonds. The SMILES string of the molecule is C=C(C)C(=O)O.C=C(C)C(=O)O.CCOC(=O)NC(F)(F)C(F)(F)C(F)(F)C(F)(F)C(F)(F)F. The number of carboxylic acids is 2. The zero-order chi connectivity index (χ0) is 28.5. The van der Waals surface area contributed by atoms with E-state index in [0.29, 0.717) is 0 Å². The highest BCUT2D eigenvalue weighted by Crippen LogP contribution is 2.56. The van der Waals surface area contributed by atoms with E-state index >= 15 is 0 Å². The number of halogens is 11. The average Bonchev–Trinajstić information content (AvgIpc) is 2.60. The van der Waals surface area contributed by atoms with Gasteiger partial charge in [-0.05, 0) is 20.8 Å². The van der Waals surface area contributed by atoms with E-state index in [-0.39, 0.29) is 16.5 Å². The van der Waals surface area contributed by atoms with Gasteiger partial charge in [-0.25, -0.2) is 14.4 Å². The van der Waals surface area contributed by atoms with Gasteiger partial charge >= 0.3 is 48.0 Å². The molecular formula is C16H18F11NO6. The molecule has 0 aromatic heterocycles. The number of alkyl carbamates (subject to hydrolysis) is 1. The number of alkyl halides is 11. The number of carbonyl (C=O) groups excluding carboxylic acids is 1. The summed E-state index contributed by atoms with van der Waals surface area (Å²) in [4.78, 5) is 29.7. The molecule has 0 atom stereocenters. The standard InChI is InChI=1S/C8H6F11NO2.2C4H6O2/c1-2-22-3(21)20-8(18,19)6(13,14)4(9,10)5(11,12)7(15,16)17;2*1-3(2)4(5)6/h2H2,1H3,(H,20,21);2*1H2,2H3,(H,5,6). The van der Waals surface area contributed by atoms with E-state index in [2.05, 4.69) is 17.9 Å². The molecule has 34 heavy (non-hydrogen) atoms. The highest BCUT2D eigenvalue weighted by atomic mass is 19.4. The number of aliphatic carboxylic acids is 2. The van der Waals surface area contributed by atoms with E-state index in [0.717, 1.165) is 6.92 Å². The fourth-order valence-corrected chi connectivity index (χ4v) is 0.946. The molecule has 3 N–H and O–H groups in total. The van der Waals surface area contributed by atoms with Crippen LogP contribution in [0.15, 0.2) is 24.3 Å². The Labute approximate surface area is 183 Å². The molecule has 0 bridgehead atoms. The molecule has 7 nitrogen and oxygen atoms in total. The lowest BCUT2D eigenvalue weighted by molar-refractivity contribution is -0.424. The second-order valence-corrected chi connectivity index (χ2v) is 5.81. The van der Waals surface area contributed by atoms with Gasteiger partial charge in [0.1, 0.15) is 0 Å². The van der Waals surface area contributed by atoms with Crippen LogP contribution in [0.4, 0.5) is 53.1 Å². The molecule has 0 aliphatic carbocycles. The van der Waals surface area contributed by atoms with Gasteiger partial charge in [0.15, 0.2) is 0 Å². The van der Waals surface area contributed by atoms with Gasteiger partial charge in [-0.2, -0.15) is 48.3 Å². The van der Waals surface area contributed by atoms with Gasteiger partial charge < -0.3 is 14.9 Å². The van der Waals surface area contributed by atoms with Gasteiger partial charge in [0.05, 0.1) is 6.61 Å². The van der Waals surface area contributed by atoms with Crippen LogP contribution in [-0.4, -0.2) is 64.8 Å². The average molecular weight is 529 g/mol. The summed E-state index contributed by atoms with van der Waals surface area (Å²) in [7, 11) is 0. The van der Waals surface area contributed by atoms with Crippen molar-refractivity contribution in [2.75, 3.05) is 6.61 Å². The summed E-state index contributed by atoms with van der Waals surface area (Å²) in [5.41, 5.74) is 0.352. The molecule has 0 aromatic carbocycles. The van der Waals surface area contributed by atoms with E-state index in [4.69, 9.17) is 10.2 Å². The Morgan fingerprint density at radius 2 is 1.03 bits per heavy atom. The van der Waals surface area contributed by atoms with Gasteiger partial charge in [-0.1, -0.05) is 13.2 Å². The number of hydrogen-bond acceptors (Lipinski definition) is 4. The van der Waals surface area contributed by atoms with Crippen LogP contribution in [0.1, 0.15) is 20.8 Å². The molecule has 0 rings (SSSR count). The third kappa shape index (κ3) is 9.42. The van der Waals surface area contributed by atoms with Crippen molar-refractivity contribution < 1.29 is 77.6 Å². The van der Waals surface area contributed by atoms with Crippen LogP contribution >= 0.6 is 0 Å². The Bertz CT molecular complexity index is 715. The lowest BCUT2D eigenvalue weighted by atomic mass is 10.0. The first kappa shape index (κ1) is 35.5. The normalized spacial score (nSPS) is 12.2. The number of carboxylic acid groups (broad SMARTS) is 2. The van der Waals surface area contributed by atoms with Crippen LogP contribution in [0.25, 0.3) is 0 Å². The highest BCUT2D eigenvalue weighted by Gasteiger charge is 2.87. The predicted molar refractivity (Wildman–Crippen MR) is 90.9 cm³/mol. The Morgan fingerprint density at radius 3 is 1.24 bits per heavy atom. The monoisotopic (exact) mass is 529 g/mol. The van der Waals surface area contributed by atoms with Crippen LogP contribution in [0.5, 0.6) is 0 Å². The summed E-state index contributed by atoms with van der Waals surface area (Å²) in [6.45, 7) is 9.47. The van der Waals surface area contributed by atoms with Gasteiger partial charge in [0.25, 0.3) is 0 Å². The first-order chi connectivity index (χ1) is 14.7. The zero-order valence-electron chi connectivity index (χ0n) is 17.3. The Hall–Kier alpha value is -3.08. The van der Waals surface area contributed by atoms with Crippen molar-refractivity contribution in [3.63, 3.8) is 0 Å². The molecule has 200 valence electrons. The molecule has 0 fully saturated rings. The van der Waals surface area contributed by atoms with Crippen molar-refractivity contribution in [3.05, 3.63) is 24.3 Å². The lowest BCUT2D eigenvalue weighted by Crippen LogP contribution is -2.70. The van der Waals surface area contributed by atoms with Crippen LogP contribution in [0.2, 0.25) is 0 Å². The molecular weight excluding hydrogens is 511 g/mol. The highest BCUT2D eigenvalue weighted by molar-refractivity contribution is 5.85. The second kappa shape index (κ2) is 12.4. The molecule has 0 radical (unpaired) electrons. The fraction of sp³-hybridized carbons (Fsp3) is 0.562. The molecule has 0 unspecified atom stereocenters. The maximum Gasteiger partial charge on any atom is 0.460 e. The van der Waals surface area contributed by atoms with Gasteiger partial charge in [-0.15, -0.1) is 0 Å². The van der Waals surface area contributed by atoms with Crippen LogP contribution in [0, 0.1) is 0 Å². The van der Waals surface area contributed by atoms with Crippen molar-refractivity contribution in [1.29, 1.82) is 0 Å². The molecule has 0 aliphatic heterocycles. The summed E-state index contributed by atoms with van der Waals surface area (Å²) in [6, 6.07) is -6.46. The third-order valence-corrected chi connectivity index (χ3v) is 2.80. The Balaban J connectivity index is -0.000000653. The number of ether oxygens (including phenoxy) is 1. The Kier molecular flexibility index (Phi) is 13.0. The molecule has 0 aliphatic rings. The Morgan fingerprint density at radius 1 is 0.735 bits per heavy atom. The van der Waals surface area contributed by atoms with Crippen molar-refractivity contribution in [3.8, 4) is 0 Å². The van der Waals surface area contributed by atoms with E-state index in [1.54, 1.807) is 0 Å². The summed E-state index contributed by atoms with van der Waals surface area (Å²) < 4.78 is 140. The van der Waals surface area contributed by atoms with Crippen molar-refractivity contribution in [1.82, 2.24) is 5.32 Å². The predicted octanol–water partition coefficient (Wildman–Crippen LogP) is 5.09. The summed E-state index contributed by atoms with van der Waals surface area (Å²) in [5.74, 6) is -24.2. The van der Waals surface area contributed by atoms with Crippen LogP contribution < -0.4 is 5.32 Å². The maximum absolute atomic E-state index is 12.9. The first-order valence-electron chi connectivity index (χ1n) is 8.05. The minimum Gasteiger partial charge on any atom is -0.478 e. The summed E-state index contributed by atoms with van der Waals surface area (Å²) in [6.07, 6.45) is -9.68. The number of nitrogens with one attached hydrogen (secondary N) is 1. The maximum atomic E-state index is 12.9. The van der Waals surface area contributed by atoms with E-state index < -0.39 is 54.6 Å². The molecule has 0 heterocycles. The van der Waals surface area contributed by atoms with Crippen molar-refractivity contribution in [2.45, 2.75) is 50.8 Å². The van der Waals surface area contributed by atoms with E-state index in [9.17, 15) is 62.7 Å². The van der Waals surface area contributed by atoms with Gasteiger partial charge in [0.2, 0.25) is 0 Å². The number of hydrogen-bond donors (Lipinski definition) is 3. The molecule has 0 saturated heterocycles. The third-order valence-electron chi connectivity index (χ3n) is 2.80. The molecule has 0 spiro atoms. The molecule has 18 heteroatoms. The number of amides is 1. The van der Waals surface area contributed by atoms with Crippen molar-refractivity contribution >= 4 is 18.0 Å². The van der Waals surface area contributed by atoms with E-state index in [1.807, 2.05) is 0 Å². The number of carbonyl (C=O) groups is 3. The second-order valence-electron chi connectivity index (χ2n) is 5.81. The molecule has 0 aromatic rings. The fourth-order valence-electron chi connectivity index (χ4n) is 0.946. The minimum absolute atomic E-state index is 0.176. The number of rotatable bonds is 7. The summed E-state index contributed by atoms with van der Waals surface area (Å²) in [5, 5.41) is 15.6.